The van der Waals surface area contributed by atoms with Gasteiger partial charge in [0, 0.05) is 25.1 Å². The molecule has 2 saturated heterocycles. The van der Waals surface area contributed by atoms with E-state index in [1.54, 1.807) is 7.11 Å². The Morgan fingerprint density at radius 3 is 2.53 bits per heavy atom. The van der Waals surface area contributed by atoms with Crippen LogP contribution in [0.2, 0.25) is 5.02 Å². The van der Waals surface area contributed by atoms with Crippen molar-refractivity contribution in [2.45, 2.75) is 50.8 Å². The van der Waals surface area contributed by atoms with E-state index in [1.807, 2.05) is 36.4 Å². The first-order valence-electron chi connectivity index (χ1n) is 12.1. The lowest BCUT2D eigenvalue weighted by Crippen LogP contribution is -2.57. The minimum atomic E-state index is -0.945. The van der Waals surface area contributed by atoms with E-state index in [0.717, 1.165) is 62.4 Å². The molecule has 8 heteroatoms. The van der Waals surface area contributed by atoms with Gasteiger partial charge in [-0.1, -0.05) is 29.8 Å². The van der Waals surface area contributed by atoms with Crippen molar-refractivity contribution >= 4 is 23.5 Å². The predicted molar refractivity (Wildman–Crippen MR) is 128 cm³/mol. The molecule has 182 valence electrons. The van der Waals surface area contributed by atoms with Gasteiger partial charge < -0.3 is 14.5 Å². The van der Waals surface area contributed by atoms with Crippen molar-refractivity contribution < 1.29 is 18.7 Å². The minimum absolute atomic E-state index is 0.0429. The number of urea groups is 1. The van der Waals surface area contributed by atoms with Gasteiger partial charge in [-0.05, 0) is 74.4 Å². The Labute approximate surface area is 205 Å². The Balaban J connectivity index is 1.32. The summed E-state index contributed by atoms with van der Waals surface area (Å²) in [5.74, 6) is 2.14. The second-order valence-corrected chi connectivity index (χ2v) is 10.3. The maximum atomic E-state index is 13.8. The molecule has 0 bridgehead atoms. The van der Waals surface area contributed by atoms with Crippen molar-refractivity contribution in [2.24, 2.45) is 11.8 Å². The molecule has 3 heterocycles. The van der Waals surface area contributed by atoms with E-state index in [0.29, 0.717) is 30.5 Å². The highest BCUT2D eigenvalue weighted by molar-refractivity contribution is 6.31. The first-order chi connectivity index (χ1) is 16.5. The van der Waals surface area contributed by atoms with Crippen molar-refractivity contribution in [3.63, 3.8) is 0 Å². The summed E-state index contributed by atoms with van der Waals surface area (Å²) in [5.41, 5.74) is -0.0471. The summed E-state index contributed by atoms with van der Waals surface area (Å²) >= 11 is 6.49. The van der Waals surface area contributed by atoms with Crippen molar-refractivity contribution in [3.05, 3.63) is 58.5 Å². The van der Waals surface area contributed by atoms with Gasteiger partial charge in [-0.3, -0.25) is 14.6 Å². The molecule has 1 N–H and O–H groups in total. The van der Waals surface area contributed by atoms with Crippen LogP contribution in [-0.2, 0) is 29.1 Å². The van der Waals surface area contributed by atoms with Crippen molar-refractivity contribution in [1.82, 2.24) is 15.1 Å². The number of carbonyl (C=O) groups is 2. The first kappa shape index (κ1) is 23.4. The van der Waals surface area contributed by atoms with Crippen LogP contribution in [-0.4, -0.2) is 54.0 Å². The molecule has 0 spiro atoms. The quantitative estimate of drug-likeness (QED) is 0.538. The largest absolute Gasteiger partial charge is 0.462 e. The maximum absolute atomic E-state index is 13.8. The normalized spacial score (nSPS) is 24.1. The summed E-state index contributed by atoms with van der Waals surface area (Å²) in [6, 6.07) is 11.3. The van der Waals surface area contributed by atoms with Crippen LogP contribution < -0.4 is 5.32 Å². The average Bonchev–Trinajstić information content (AvgIpc) is 3.50. The van der Waals surface area contributed by atoms with Crippen molar-refractivity contribution in [2.75, 3.05) is 26.7 Å². The fraction of sp³-hybridized carbons (Fsp3) is 0.538. The van der Waals surface area contributed by atoms with Crippen LogP contribution in [0.1, 0.15) is 42.8 Å². The zero-order valence-corrected chi connectivity index (χ0v) is 20.4. The highest BCUT2D eigenvalue weighted by Gasteiger charge is 2.56. The van der Waals surface area contributed by atoms with E-state index in [2.05, 4.69) is 10.2 Å². The van der Waals surface area contributed by atoms with Gasteiger partial charge in [-0.15, -0.1) is 0 Å². The number of rotatable bonds is 9. The number of hydrogen-bond acceptors (Lipinski definition) is 5. The highest BCUT2D eigenvalue weighted by Crippen LogP contribution is 2.39. The number of carbonyl (C=O) groups excluding carboxylic acids is 2. The Morgan fingerprint density at radius 1 is 1.09 bits per heavy atom. The third-order valence-corrected chi connectivity index (χ3v) is 7.80. The van der Waals surface area contributed by atoms with Gasteiger partial charge in [-0.25, -0.2) is 4.79 Å². The van der Waals surface area contributed by atoms with Gasteiger partial charge >= 0.3 is 6.03 Å². The van der Waals surface area contributed by atoms with E-state index in [-0.39, 0.29) is 17.9 Å². The molecule has 1 aromatic heterocycles. The lowest BCUT2D eigenvalue weighted by molar-refractivity contribution is -0.134. The number of methoxy groups -OCH3 is 1. The van der Waals surface area contributed by atoms with Crippen LogP contribution >= 0.6 is 11.6 Å². The van der Waals surface area contributed by atoms with E-state index >= 15 is 0 Å². The SMILES string of the molecule is COCc1ccc(CN2CCC(C3(Cc4ccccc4Cl)NC(=O)N(CC4CC4)C3=O)CC2)o1. The number of benzene rings is 1. The van der Waals surface area contributed by atoms with Crippen LogP contribution in [0.5, 0.6) is 0 Å². The number of nitrogens with one attached hydrogen (secondary N) is 1. The van der Waals surface area contributed by atoms with Gasteiger partial charge in [-0.2, -0.15) is 0 Å². The van der Waals surface area contributed by atoms with E-state index in [1.165, 1.54) is 4.90 Å². The van der Waals surface area contributed by atoms with Crippen LogP contribution in [0.4, 0.5) is 4.79 Å². The number of furan rings is 1. The zero-order chi connectivity index (χ0) is 23.7. The lowest BCUT2D eigenvalue weighted by Gasteiger charge is -2.41. The smallest absolute Gasteiger partial charge is 0.325 e. The third-order valence-electron chi connectivity index (χ3n) is 7.43. The molecular formula is C26H32ClN3O4. The number of piperidine rings is 1. The number of amides is 3. The van der Waals surface area contributed by atoms with Gasteiger partial charge in [0.05, 0.1) is 6.54 Å². The van der Waals surface area contributed by atoms with Crippen LogP contribution in [0.15, 0.2) is 40.8 Å². The number of hydrogen-bond donors (Lipinski definition) is 1. The van der Waals surface area contributed by atoms with Gasteiger partial charge in [0.1, 0.15) is 23.7 Å². The average molecular weight is 486 g/mol. The third kappa shape index (κ3) is 4.74. The molecule has 0 radical (unpaired) electrons. The van der Waals surface area contributed by atoms with Crippen molar-refractivity contribution in [3.8, 4) is 0 Å². The monoisotopic (exact) mass is 485 g/mol. The Bertz CT molecular complexity index is 1040. The molecule has 2 aromatic rings. The summed E-state index contributed by atoms with van der Waals surface area (Å²) in [6.45, 7) is 3.38. The second kappa shape index (κ2) is 9.72. The number of nitrogens with zero attached hydrogens (tertiary/aromatic N) is 2. The molecule has 1 saturated carbocycles. The van der Waals surface area contributed by atoms with Crippen molar-refractivity contribution in [1.29, 1.82) is 0 Å². The summed E-state index contributed by atoms with van der Waals surface area (Å²) in [4.78, 5) is 30.6. The summed E-state index contributed by atoms with van der Waals surface area (Å²) in [5, 5.41) is 3.79. The van der Waals surface area contributed by atoms with Crippen LogP contribution in [0.3, 0.4) is 0 Å². The fourth-order valence-corrected chi connectivity index (χ4v) is 5.59. The van der Waals surface area contributed by atoms with E-state index in [9.17, 15) is 9.59 Å². The maximum Gasteiger partial charge on any atom is 0.325 e. The standard InChI is InChI=1S/C26H32ClN3O4/c1-33-17-22-9-8-21(34-22)16-29-12-10-20(11-13-29)26(14-19-4-2-3-5-23(19)27)24(31)30(25(32)28-26)15-18-6-7-18/h2-5,8-9,18,20H,6-7,10-17H2,1H3,(H,28,32). The Morgan fingerprint density at radius 2 is 1.82 bits per heavy atom. The molecule has 1 atom stereocenters. The van der Waals surface area contributed by atoms with Gasteiger partial charge in [0.2, 0.25) is 0 Å². The summed E-state index contributed by atoms with van der Waals surface area (Å²) in [6.07, 6.45) is 4.23. The number of halogens is 1. The second-order valence-electron chi connectivity index (χ2n) is 9.88. The number of imide groups is 1. The zero-order valence-electron chi connectivity index (χ0n) is 19.6. The molecule has 3 aliphatic rings. The molecule has 1 aliphatic carbocycles. The van der Waals surface area contributed by atoms with Gasteiger partial charge in [0.15, 0.2) is 0 Å². The molecule has 2 aliphatic heterocycles. The van der Waals surface area contributed by atoms with Crippen LogP contribution in [0, 0.1) is 11.8 Å². The lowest BCUT2D eigenvalue weighted by atomic mass is 9.74. The summed E-state index contributed by atoms with van der Waals surface area (Å²) < 4.78 is 11.0. The predicted octanol–water partition coefficient (Wildman–Crippen LogP) is 4.23. The molecule has 7 nitrogen and oxygen atoms in total. The Hall–Kier alpha value is -2.35. The molecule has 34 heavy (non-hydrogen) atoms. The molecule has 5 rings (SSSR count). The molecular weight excluding hydrogens is 454 g/mol. The van der Waals surface area contributed by atoms with Gasteiger partial charge in [0.25, 0.3) is 5.91 Å². The van der Waals surface area contributed by atoms with E-state index in [4.69, 9.17) is 20.8 Å². The van der Waals surface area contributed by atoms with Crippen LogP contribution in [0.25, 0.3) is 0 Å². The molecule has 3 fully saturated rings. The molecule has 1 aromatic carbocycles. The minimum Gasteiger partial charge on any atom is -0.462 e. The molecule has 3 amide bonds. The number of likely N-dealkylation sites (tertiary alicyclic amines) is 1. The Kier molecular flexibility index (Phi) is 6.69. The highest BCUT2D eigenvalue weighted by atomic mass is 35.5. The number of ether oxygens (including phenoxy) is 1. The topological polar surface area (TPSA) is 75.0 Å². The van der Waals surface area contributed by atoms with E-state index < -0.39 is 5.54 Å². The first-order valence-corrected chi connectivity index (χ1v) is 12.5. The summed E-state index contributed by atoms with van der Waals surface area (Å²) in [7, 11) is 1.65. The molecule has 1 unspecified atom stereocenters. The fourth-order valence-electron chi connectivity index (χ4n) is 5.38.